The number of aryl methyl sites for hydroxylation is 2. The molecule has 1 aliphatic rings. The molecule has 5 rings (SSSR count). The molecule has 0 spiro atoms. The summed E-state index contributed by atoms with van der Waals surface area (Å²) in [5, 5.41) is 10.7. The van der Waals surface area contributed by atoms with Crippen molar-refractivity contribution in [2.75, 3.05) is 26.4 Å². The van der Waals surface area contributed by atoms with Crippen LogP contribution in [0.1, 0.15) is 30.9 Å². The number of nitrogens with zero attached hydrogens (tertiary/aromatic N) is 4. The largest absolute Gasteiger partial charge is 0.481 e. The van der Waals surface area contributed by atoms with Crippen LogP contribution in [0.25, 0.3) is 22.1 Å². The molecule has 1 aliphatic heterocycles. The van der Waals surface area contributed by atoms with Crippen molar-refractivity contribution in [3.63, 3.8) is 0 Å². The summed E-state index contributed by atoms with van der Waals surface area (Å²) in [5.41, 5.74) is 4.35. The Morgan fingerprint density at radius 3 is 2.42 bits per heavy atom. The number of rotatable bonds is 7. The fourth-order valence-electron chi connectivity index (χ4n) is 4.79. The van der Waals surface area contributed by atoms with Crippen LogP contribution in [0, 0.1) is 12.8 Å². The fourth-order valence-corrected chi connectivity index (χ4v) is 4.79. The van der Waals surface area contributed by atoms with Crippen LogP contribution in [-0.4, -0.2) is 56.2 Å². The van der Waals surface area contributed by atoms with E-state index in [-0.39, 0.29) is 12.2 Å². The van der Waals surface area contributed by atoms with Crippen LogP contribution in [-0.2, 0) is 34.4 Å². The van der Waals surface area contributed by atoms with Gasteiger partial charge >= 0.3 is 11.7 Å². The molecule has 9 heteroatoms. The number of carbonyl (C=O) groups is 1. The topological polar surface area (TPSA) is 101 Å². The smallest absolute Gasteiger partial charge is 0.330 e. The molecule has 9 nitrogen and oxygen atoms in total. The molecule has 3 aromatic heterocycles. The molecule has 1 unspecified atom stereocenters. The van der Waals surface area contributed by atoms with Crippen LogP contribution in [0.5, 0.6) is 0 Å². The highest BCUT2D eigenvalue weighted by Crippen LogP contribution is 2.26. The Labute approximate surface area is 209 Å². The summed E-state index contributed by atoms with van der Waals surface area (Å²) in [6.45, 7) is 7.66. The van der Waals surface area contributed by atoms with Crippen LogP contribution in [0.4, 0.5) is 0 Å². The molecule has 192 valence electrons. The monoisotopic (exact) mass is 494 g/mol. The Balaban J connectivity index is 0.000000445. The molecule has 0 amide bonds. The zero-order chi connectivity index (χ0) is 25.7. The van der Waals surface area contributed by atoms with Gasteiger partial charge in [-0.05, 0) is 42.7 Å². The van der Waals surface area contributed by atoms with Crippen molar-refractivity contribution in [3.05, 3.63) is 64.3 Å². The number of fused-ring (bicyclic) bond motifs is 2. The van der Waals surface area contributed by atoms with Crippen LogP contribution in [0.2, 0.25) is 0 Å². The van der Waals surface area contributed by atoms with E-state index in [1.165, 1.54) is 4.57 Å². The summed E-state index contributed by atoms with van der Waals surface area (Å²) in [7, 11) is 2.00. The van der Waals surface area contributed by atoms with Crippen LogP contribution in [0.3, 0.4) is 0 Å². The Kier molecular flexibility index (Phi) is 8.22. The van der Waals surface area contributed by atoms with E-state index >= 15 is 0 Å². The molecular formula is C27H34N4O5. The number of aromatic nitrogens is 4. The Bertz CT molecular complexity index is 1390. The van der Waals surface area contributed by atoms with Crippen LogP contribution >= 0.6 is 0 Å². The lowest BCUT2D eigenvalue weighted by Crippen LogP contribution is -2.30. The molecule has 1 N–H and O–H groups in total. The van der Waals surface area contributed by atoms with Crippen molar-refractivity contribution < 1.29 is 19.4 Å². The van der Waals surface area contributed by atoms with E-state index in [9.17, 15) is 14.7 Å². The SMILES string of the molecule is C1COCCO1.CCCC(Cn1c(=O)n(Cc2cn(C)c3cccc(C)c23)c2cccnc21)C(=O)O. The second-order valence-corrected chi connectivity index (χ2v) is 9.11. The standard InChI is InChI=1S/C23H26N4O3.C4H8O2/c1-4-7-16(22(28)29)13-27-21-19(10-6-11-24-21)26(23(27)30)14-17-12-25(3)18-9-5-8-15(2)20(17)18;1-2-6-4-3-5-1/h5-6,8-12,16H,4,7,13-14H2,1-3H3,(H,28,29);1-4H2. The number of carboxylic acids is 1. The summed E-state index contributed by atoms with van der Waals surface area (Å²) in [6, 6.07) is 9.85. The maximum Gasteiger partial charge on any atom is 0.330 e. The van der Waals surface area contributed by atoms with Crippen molar-refractivity contribution >= 4 is 28.0 Å². The highest BCUT2D eigenvalue weighted by molar-refractivity contribution is 5.87. The minimum atomic E-state index is -0.884. The van der Waals surface area contributed by atoms with Gasteiger partial charge in [0.05, 0.1) is 44.4 Å². The number of hydrogen-bond donors (Lipinski definition) is 1. The molecule has 4 heterocycles. The van der Waals surface area contributed by atoms with Gasteiger partial charge in [0.2, 0.25) is 0 Å². The maximum absolute atomic E-state index is 13.4. The number of ether oxygens (including phenoxy) is 2. The second-order valence-electron chi connectivity index (χ2n) is 9.11. The molecular weight excluding hydrogens is 460 g/mol. The van der Waals surface area contributed by atoms with Gasteiger partial charge in [-0.2, -0.15) is 0 Å². The first-order valence-electron chi connectivity index (χ1n) is 12.4. The molecule has 0 saturated carbocycles. The van der Waals surface area contributed by atoms with Gasteiger partial charge in [-0.25, -0.2) is 9.78 Å². The average Bonchev–Trinajstić information content (AvgIpc) is 3.35. The predicted octanol–water partition coefficient (Wildman–Crippen LogP) is 3.58. The lowest BCUT2D eigenvalue weighted by Gasteiger charge is -2.11. The molecule has 1 aromatic carbocycles. The number of aliphatic carboxylic acids is 1. The van der Waals surface area contributed by atoms with Crippen molar-refractivity contribution in [3.8, 4) is 0 Å². The van der Waals surface area contributed by atoms with Gasteiger partial charge < -0.3 is 19.1 Å². The van der Waals surface area contributed by atoms with E-state index in [2.05, 4.69) is 34.8 Å². The van der Waals surface area contributed by atoms with E-state index in [1.807, 2.05) is 26.1 Å². The number of hydrogen-bond acceptors (Lipinski definition) is 5. The third-order valence-corrected chi connectivity index (χ3v) is 6.54. The van der Waals surface area contributed by atoms with Crippen molar-refractivity contribution in [1.82, 2.24) is 18.7 Å². The van der Waals surface area contributed by atoms with Gasteiger partial charge in [0, 0.05) is 36.9 Å². The second kappa shape index (κ2) is 11.5. The Morgan fingerprint density at radius 2 is 1.78 bits per heavy atom. The van der Waals surface area contributed by atoms with Gasteiger partial charge in [-0.3, -0.25) is 13.9 Å². The van der Waals surface area contributed by atoms with Gasteiger partial charge in [0.1, 0.15) is 0 Å². The summed E-state index contributed by atoms with van der Waals surface area (Å²) in [4.78, 5) is 29.5. The molecule has 1 fully saturated rings. The first-order chi connectivity index (χ1) is 17.4. The number of pyridine rings is 1. The number of imidazole rings is 1. The van der Waals surface area contributed by atoms with E-state index in [4.69, 9.17) is 9.47 Å². The summed E-state index contributed by atoms with van der Waals surface area (Å²) in [5.74, 6) is -1.50. The van der Waals surface area contributed by atoms with Gasteiger partial charge in [-0.15, -0.1) is 0 Å². The van der Waals surface area contributed by atoms with Gasteiger partial charge in [0.25, 0.3) is 0 Å². The minimum Gasteiger partial charge on any atom is -0.481 e. The van der Waals surface area contributed by atoms with E-state index < -0.39 is 11.9 Å². The minimum absolute atomic E-state index is 0.122. The molecule has 1 saturated heterocycles. The highest BCUT2D eigenvalue weighted by Gasteiger charge is 2.23. The lowest BCUT2D eigenvalue weighted by molar-refractivity contribution is -0.142. The normalized spacial score (nSPS) is 14.5. The molecule has 1 atom stereocenters. The first kappa shape index (κ1) is 25.7. The number of benzene rings is 1. The maximum atomic E-state index is 13.4. The van der Waals surface area contributed by atoms with Crippen molar-refractivity contribution in [2.24, 2.45) is 13.0 Å². The summed E-state index contributed by atoms with van der Waals surface area (Å²) < 4.78 is 15.2. The van der Waals surface area contributed by atoms with Gasteiger partial charge in [0.15, 0.2) is 5.65 Å². The first-order valence-corrected chi connectivity index (χ1v) is 12.4. The third kappa shape index (κ3) is 5.37. The predicted molar refractivity (Wildman–Crippen MR) is 138 cm³/mol. The van der Waals surface area contributed by atoms with E-state index in [0.717, 1.165) is 54.9 Å². The lowest BCUT2D eigenvalue weighted by atomic mass is 10.0. The molecule has 0 bridgehead atoms. The van der Waals surface area contributed by atoms with E-state index in [0.29, 0.717) is 24.1 Å². The molecule has 36 heavy (non-hydrogen) atoms. The average molecular weight is 495 g/mol. The molecule has 0 radical (unpaired) electrons. The van der Waals surface area contributed by atoms with Crippen molar-refractivity contribution in [2.45, 2.75) is 39.8 Å². The fraction of sp³-hybridized carbons (Fsp3) is 0.444. The number of carboxylic acid groups (broad SMARTS) is 1. The Hall–Kier alpha value is -3.43. The summed E-state index contributed by atoms with van der Waals surface area (Å²) >= 11 is 0. The van der Waals surface area contributed by atoms with Crippen LogP contribution < -0.4 is 5.69 Å². The van der Waals surface area contributed by atoms with Crippen molar-refractivity contribution in [1.29, 1.82) is 0 Å². The zero-order valence-corrected chi connectivity index (χ0v) is 21.1. The zero-order valence-electron chi connectivity index (χ0n) is 21.1. The Morgan fingerprint density at radius 1 is 1.08 bits per heavy atom. The van der Waals surface area contributed by atoms with Crippen LogP contribution in [0.15, 0.2) is 47.5 Å². The third-order valence-electron chi connectivity index (χ3n) is 6.54. The quantitative estimate of drug-likeness (QED) is 0.422. The molecule has 4 aromatic rings. The molecule has 0 aliphatic carbocycles. The highest BCUT2D eigenvalue weighted by atomic mass is 16.6. The van der Waals surface area contributed by atoms with E-state index in [1.54, 1.807) is 16.8 Å². The van der Waals surface area contributed by atoms with Gasteiger partial charge in [-0.1, -0.05) is 25.5 Å². The summed E-state index contributed by atoms with van der Waals surface area (Å²) in [6.07, 6.45) is 4.96.